The minimum Gasteiger partial charge on any atom is -0.465 e. The fourth-order valence-corrected chi connectivity index (χ4v) is 8.73. The van der Waals surface area contributed by atoms with E-state index in [1.54, 1.807) is 0 Å². The Morgan fingerprint density at radius 3 is 1.97 bits per heavy atom. The van der Waals surface area contributed by atoms with E-state index in [0.717, 1.165) is 12.8 Å². The van der Waals surface area contributed by atoms with Gasteiger partial charge in [0.25, 0.3) is 8.32 Å². The average Bonchev–Trinajstić information content (AvgIpc) is 2.70. The summed E-state index contributed by atoms with van der Waals surface area (Å²) >= 11 is 0. The zero-order valence-corrected chi connectivity index (χ0v) is 20.5. The second-order valence-corrected chi connectivity index (χ2v) is 13.7. The fourth-order valence-electron chi connectivity index (χ4n) is 4.15. The van der Waals surface area contributed by atoms with E-state index in [0.29, 0.717) is 12.5 Å². The third-order valence-electron chi connectivity index (χ3n) is 5.42. The lowest BCUT2D eigenvalue weighted by molar-refractivity contribution is 0.190. The van der Waals surface area contributed by atoms with Crippen LogP contribution in [0.2, 0.25) is 5.04 Å². The first-order chi connectivity index (χ1) is 14.7. The highest BCUT2D eigenvalue weighted by molar-refractivity contribution is 6.99. The average molecular weight is 440 g/mol. The van der Waals surface area contributed by atoms with Crippen LogP contribution >= 0.6 is 0 Å². The quantitative estimate of drug-likeness (QED) is 0.304. The molecule has 2 rings (SSSR count). The van der Waals surface area contributed by atoms with Gasteiger partial charge in [0.15, 0.2) is 0 Å². The van der Waals surface area contributed by atoms with Gasteiger partial charge in [0.05, 0.1) is 6.04 Å². The number of hydrogen-bond acceptors (Lipinski definition) is 2. The number of amides is 1. The monoisotopic (exact) mass is 439 g/mol. The molecule has 0 saturated heterocycles. The number of nitrogens with one attached hydrogen (secondary N) is 1. The van der Waals surface area contributed by atoms with Crippen LogP contribution in [0.4, 0.5) is 4.79 Å². The van der Waals surface area contributed by atoms with Crippen molar-refractivity contribution in [2.45, 2.75) is 58.5 Å². The molecule has 1 unspecified atom stereocenters. The third-order valence-corrected chi connectivity index (χ3v) is 10.5. The van der Waals surface area contributed by atoms with Gasteiger partial charge >= 0.3 is 6.09 Å². The van der Waals surface area contributed by atoms with Crippen molar-refractivity contribution in [2.24, 2.45) is 5.92 Å². The molecule has 0 radical (unpaired) electrons. The van der Waals surface area contributed by atoms with Gasteiger partial charge in [0, 0.05) is 6.61 Å². The van der Waals surface area contributed by atoms with Gasteiger partial charge in [-0.05, 0) is 34.2 Å². The van der Waals surface area contributed by atoms with Crippen molar-refractivity contribution in [3.05, 3.63) is 72.8 Å². The highest BCUT2D eigenvalue weighted by Gasteiger charge is 2.49. The molecule has 0 aliphatic rings. The van der Waals surface area contributed by atoms with Crippen LogP contribution < -0.4 is 15.7 Å². The predicted octanol–water partition coefficient (Wildman–Crippen LogP) is 5.19. The summed E-state index contributed by atoms with van der Waals surface area (Å²) in [7, 11) is -2.52. The fraction of sp³-hybridized carbons (Fsp3) is 0.423. The Bertz CT molecular complexity index is 789. The SMILES string of the molecule is CC(C)CC(C=CCCO[Si](c1ccccc1)(c1ccccc1)C(C)(C)C)NC(=O)O. The van der Waals surface area contributed by atoms with Crippen LogP contribution in [0.25, 0.3) is 0 Å². The molecule has 0 aliphatic carbocycles. The van der Waals surface area contributed by atoms with Crippen molar-refractivity contribution in [1.29, 1.82) is 0 Å². The molecule has 0 saturated carbocycles. The molecule has 1 amide bonds. The van der Waals surface area contributed by atoms with Crippen LogP contribution in [0, 0.1) is 5.92 Å². The first-order valence-corrected chi connectivity index (χ1v) is 13.0. The largest absolute Gasteiger partial charge is 0.465 e. The Balaban J connectivity index is 2.24. The maximum absolute atomic E-state index is 11.1. The summed E-state index contributed by atoms with van der Waals surface area (Å²) in [4.78, 5) is 11.1. The normalized spacial score (nSPS) is 13.5. The molecule has 2 N–H and O–H groups in total. The Morgan fingerprint density at radius 2 is 1.55 bits per heavy atom. The molecule has 5 heteroatoms. The molecule has 0 bridgehead atoms. The van der Waals surface area contributed by atoms with E-state index in [1.165, 1.54) is 10.4 Å². The van der Waals surface area contributed by atoms with Crippen LogP contribution in [0.5, 0.6) is 0 Å². The number of carbonyl (C=O) groups is 1. The number of carboxylic acid groups (broad SMARTS) is 1. The minimum absolute atomic E-state index is 0.0511. The van der Waals surface area contributed by atoms with Gasteiger partial charge in [0.2, 0.25) is 0 Å². The smallest absolute Gasteiger partial charge is 0.405 e. The highest BCUT2D eigenvalue weighted by atomic mass is 28.4. The number of rotatable bonds is 10. The van der Waals surface area contributed by atoms with Crippen molar-refractivity contribution in [1.82, 2.24) is 5.32 Å². The Labute approximate surface area is 188 Å². The number of hydrogen-bond donors (Lipinski definition) is 2. The molecular formula is C26H37NO3Si. The summed E-state index contributed by atoms with van der Waals surface area (Å²) in [6, 6.07) is 21.0. The maximum atomic E-state index is 11.1. The molecule has 0 spiro atoms. The van der Waals surface area contributed by atoms with Gasteiger partial charge in [0.1, 0.15) is 0 Å². The molecule has 2 aromatic carbocycles. The lowest BCUT2D eigenvalue weighted by Gasteiger charge is -2.43. The van der Waals surface area contributed by atoms with Crippen molar-refractivity contribution in [2.75, 3.05) is 6.61 Å². The third kappa shape index (κ3) is 6.81. The molecule has 0 heterocycles. The summed E-state index contributed by atoms with van der Waals surface area (Å²) < 4.78 is 6.86. The molecular weight excluding hydrogens is 402 g/mol. The van der Waals surface area contributed by atoms with Crippen LogP contribution in [-0.4, -0.2) is 32.2 Å². The number of benzene rings is 2. The van der Waals surface area contributed by atoms with Crippen molar-refractivity contribution >= 4 is 24.8 Å². The van der Waals surface area contributed by atoms with Crippen molar-refractivity contribution in [3.63, 3.8) is 0 Å². The van der Waals surface area contributed by atoms with Gasteiger partial charge < -0.3 is 14.8 Å². The van der Waals surface area contributed by atoms with Gasteiger partial charge in [-0.15, -0.1) is 0 Å². The van der Waals surface area contributed by atoms with E-state index >= 15 is 0 Å². The van der Waals surface area contributed by atoms with E-state index in [4.69, 9.17) is 9.53 Å². The van der Waals surface area contributed by atoms with Crippen molar-refractivity contribution < 1.29 is 14.3 Å². The van der Waals surface area contributed by atoms with E-state index < -0.39 is 14.4 Å². The summed E-state index contributed by atoms with van der Waals surface area (Å²) in [5.41, 5.74) is 0. The van der Waals surface area contributed by atoms with Crippen molar-refractivity contribution in [3.8, 4) is 0 Å². The summed E-state index contributed by atoms with van der Waals surface area (Å²) in [5, 5.41) is 14.2. The zero-order chi connectivity index (χ0) is 22.9. The van der Waals surface area contributed by atoms with Gasteiger partial charge in [-0.25, -0.2) is 4.79 Å². The first kappa shape index (κ1) is 24.9. The maximum Gasteiger partial charge on any atom is 0.405 e. The van der Waals surface area contributed by atoms with E-state index in [9.17, 15) is 4.79 Å². The second-order valence-electron chi connectivity index (χ2n) is 9.41. The Kier molecular flexibility index (Phi) is 9.08. The zero-order valence-electron chi connectivity index (χ0n) is 19.5. The molecule has 4 nitrogen and oxygen atoms in total. The Morgan fingerprint density at radius 1 is 1.03 bits per heavy atom. The topological polar surface area (TPSA) is 58.6 Å². The minimum atomic E-state index is -2.52. The molecule has 0 fully saturated rings. The first-order valence-electron chi connectivity index (χ1n) is 11.1. The van der Waals surface area contributed by atoms with Crippen LogP contribution in [0.3, 0.4) is 0 Å². The van der Waals surface area contributed by atoms with Gasteiger partial charge in [-0.2, -0.15) is 0 Å². The van der Waals surface area contributed by atoms with Crippen LogP contribution in [0.15, 0.2) is 72.8 Å². The van der Waals surface area contributed by atoms with E-state index in [-0.39, 0.29) is 11.1 Å². The summed E-state index contributed by atoms with van der Waals surface area (Å²) in [6.45, 7) is 11.6. The second kappa shape index (κ2) is 11.3. The molecule has 1 atom stereocenters. The lowest BCUT2D eigenvalue weighted by atomic mass is 10.0. The molecule has 0 aliphatic heterocycles. The summed E-state index contributed by atoms with van der Waals surface area (Å²) in [6.07, 6.45) is 4.53. The predicted molar refractivity (Wildman–Crippen MR) is 132 cm³/mol. The lowest BCUT2D eigenvalue weighted by Crippen LogP contribution is -2.66. The molecule has 0 aromatic heterocycles. The highest BCUT2D eigenvalue weighted by Crippen LogP contribution is 2.36. The van der Waals surface area contributed by atoms with E-state index in [1.807, 2.05) is 24.3 Å². The Hall–Kier alpha value is -2.37. The molecule has 31 heavy (non-hydrogen) atoms. The van der Waals surface area contributed by atoms with Gasteiger partial charge in [-0.3, -0.25) is 0 Å². The van der Waals surface area contributed by atoms with Gasteiger partial charge in [-0.1, -0.05) is 107 Å². The molecule has 2 aromatic rings. The summed E-state index contributed by atoms with van der Waals surface area (Å²) in [5.74, 6) is 0.412. The standard InChI is InChI=1S/C26H37NO3Si/c1-21(2)20-22(27-25(28)29)14-12-13-19-30-31(26(3,4)5,23-15-8-6-9-16-23)24-17-10-7-11-18-24/h6-12,14-18,21-22,27H,13,19-20H2,1-5H3,(H,28,29). The molecule has 168 valence electrons. The van der Waals surface area contributed by atoms with E-state index in [2.05, 4.69) is 88.5 Å². The van der Waals surface area contributed by atoms with Crippen LogP contribution in [0.1, 0.15) is 47.5 Å². The van der Waals surface area contributed by atoms with Crippen LogP contribution in [-0.2, 0) is 4.43 Å².